The fourth-order valence-corrected chi connectivity index (χ4v) is 1.53. The van der Waals surface area contributed by atoms with E-state index in [2.05, 4.69) is 24.9 Å². The second kappa shape index (κ2) is 2.88. The van der Waals surface area contributed by atoms with Gasteiger partial charge in [-0.1, -0.05) is 6.58 Å². The highest BCUT2D eigenvalue weighted by Crippen LogP contribution is 2.21. The molecule has 0 radical (unpaired) electrons. The highest BCUT2D eigenvalue weighted by atomic mass is 32.1. The maximum Gasteiger partial charge on any atom is 0.128 e. The minimum Gasteiger partial charge on any atom is -0.496 e. The van der Waals surface area contributed by atoms with Crippen LogP contribution in [0.5, 0.6) is 0 Å². The lowest BCUT2D eigenvalue weighted by Gasteiger charge is -1.97. The molecule has 0 fully saturated rings. The first-order valence-corrected chi connectivity index (χ1v) is 3.90. The minimum atomic E-state index is 0.748. The van der Waals surface area contributed by atoms with E-state index < -0.39 is 0 Å². The van der Waals surface area contributed by atoms with Gasteiger partial charge < -0.3 is 4.74 Å². The zero-order chi connectivity index (χ0) is 7.56. The summed E-state index contributed by atoms with van der Waals surface area (Å²) < 4.78 is 4.97. The van der Waals surface area contributed by atoms with E-state index in [1.807, 2.05) is 0 Å². The molecule has 1 aromatic rings. The Morgan fingerprint density at radius 3 is 2.80 bits per heavy atom. The van der Waals surface area contributed by atoms with Crippen molar-refractivity contribution >= 4 is 17.1 Å². The molecule has 0 aromatic carbocycles. The van der Waals surface area contributed by atoms with Crippen LogP contribution in [0.1, 0.15) is 10.4 Å². The van der Waals surface area contributed by atoms with Gasteiger partial charge in [0.05, 0.1) is 12.0 Å². The Morgan fingerprint density at radius 1 is 1.70 bits per heavy atom. The predicted molar refractivity (Wildman–Crippen MR) is 45.1 cm³/mol. The summed E-state index contributed by atoms with van der Waals surface area (Å²) in [5, 5.41) is 2.08. The van der Waals surface area contributed by atoms with E-state index in [0.717, 1.165) is 10.6 Å². The standard InChI is InChI=1S/C8H10OS/c1-6-4-8(10-5-6)7(2)9-3/h4-5H,2H2,1,3H3. The van der Waals surface area contributed by atoms with Crippen LogP contribution in [0.2, 0.25) is 0 Å². The van der Waals surface area contributed by atoms with Gasteiger partial charge in [0.15, 0.2) is 0 Å². The quantitative estimate of drug-likeness (QED) is 0.595. The molecular formula is C8H10OS. The molecule has 2 heteroatoms. The largest absolute Gasteiger partial charge is 0.496 e. The Balaban J connectivity index is 2.85. The Kier molecular flexibility index (Phi) is 2.12. The van der Waals surface area contributed by atoms with Crippen molar-refractivity contribution in [3.05, 3.63) is 28.5 Å². The van der Waals surface area contributed by atoms with Crippen molar-refractivity contribution in [3.63, 3.8) is 0 Å². The van der Waals surface area contributed by atoms with Crippen molar-refractivity contribution in [2.75, 3.05) is 7.11 Å². The van der Waals surface area contributed by atoms with E-state index in [9.17, 15) is 0 Å². The molecule has 1 nitrogen and oxygen atoms in total. The van der Waals surface area contributed by atoms with Crippen LogP contribution in [-0.2, 0) is 4.74 Å². The second-order valence-electron chi connectivity index (χ2n) is 2.12. The van der Waals surface area contributed by atoms with Gasteiger partial charge in [0, 0.05) is 0 Å². The summed E-state index contributed by atoms with van der Waals surface area (Å²) in [6.07, 6.45) is 0. The van der Waals surface area contributed by atoms with Crippen molar-refractivity contribution in [2.24, 2.45) is 0 Å². The highest BCUT2D eigenvalue weighted by Gasteiger charge is 1.99. The van der Waals surface area contributed by atoms with Crippen molar-refractivity contribution < 1.29 is 4.74 Å². The monoisotopic (exact) mass is 154 g/mol. The Morgan fingerprint density at radius 2 is 2.40 bits per heavy atom. The summed E-state index contributed by atoms with van der Waals surface area (Å²) in [6, 6.07) is 2.07. The molecule has 0 saturated heterocycles. The summed E-state index contributed by atoms with van der Waals surface area (Å²) in [7, 11) is 1.64. The molecule has 0 amide bonds. The van der Waals surface area contributed by atoms with E-state index in [1.165, 1.54) is 5.56 Å². The Hall–Kier alpha value is -0.760. The fraction of sp³-hybridized carbons (Fsp3) is 0.250. The molecule has 1 heterocycles. The van der Waals surface area contributed by atoms with Crippen LogP contribution >= 0.6 is 11.3 Å². The highest BCUT2D eigenvalue weighted by molar-refractivity contribution is 7.11. The zero-order valence-electron chi connectivity index (χ0n) is 6.18. The molecule has 0 aliphatic heterocycles. The van der Waals surface area contributed by atoms with Gasteiger partial charge in [-0.05, 0) is 23.9 Å². The molecule has 1 rings (SSSR count). The molecule has 0 aliphatic carbocycles. The molecular weight excluding hydrogens is 144 g/mol. The summed E-state index contributed by atoms with van der Waals surface area (Å²) in [5.41, 5.74) is 1.26. The van der Waals surface area contributed by atoms with E-state index in [1.54, 1.807) is 18.4 Å². The number of rotatable bonds is 2. The maximum atomic E-state index is 4.97. The molecule has 0 bridgehead atoms. The second-order valence-corrected chi connectivity index (χ2v) is 3.03. The minimum absolute atomic E-state index is 0.748. The van der Waals surface area contributed by atoms with Crippen molar-refractivity contribution in [1.29, 1.82) is 0 Å². The number of ether oxygens (including phenoxy) is 1. The first-order valence-electron chi connectivity index (χ1n) is 3.02. The van der Waals surface area contributed by atoms with Crippen LogP contribution in [0.3, 0.4) is 0 Å². The third-order valence-electron chi connectivity index (χ3n) is 1.25. The lowest BCUT2D eigenvalue weighted by molar-refractivity contribution is 0.372. The fourth-order valence-electron chi connectivity index (χ4n) is 0.678. The van der Waals surface area contributed by atoms with Crippen LogP contribution in [0, 0.1) is 6.92 Å². The molecule has 0 aliphatic rings. The van der Waals surface area contributed by atoms with E-state index in [4.69, 9.17) is 4.74 Å². The maximum absolute atomic E-state index is 4.97. The van der Waals surface area contributed by atoms with E-state index >= 15 is 0 Å². The van der Waals surface area contributed by atoms with Gasteiger partial charge in [0.2, 0.25) is 0 Å². The summed E-state index contributed by atoms with van der Waals surface area (Å²) >= 11 is 1.66. The first-order chi connectivity index (χ1) is 4.74. The van der Waals surface area contributed by atoms with Crippen molar-refractivity contribution in [2.45, 2.75) is 6.92 Å². The van der Waals surface area contributed by atoms with Crippen LogP contribution in [-0.4, -0.2) is 7.11 Å². The Labute approximate surface area is 65.0 Å². The van der Waals surface area contributed by atoms with Crippen LogP contribution in [0.4, 0.5) is 0 Å². The smallest absolute Gasteiger partial charge is 0.128 e. The van der Waals surface area contributed by atoms with Crippen LogP contribution in [0.25, 0.3) is 5.76 Å². The average Bonchev–Trinajstić information content (AvgIpc) is 2.34. The number of hydrogen-bond donors (Lipinski definition) is 0. The predicted octanol–water partition coefficient (Wildman–Crippen LogP) is 2.67. The molecule has 0 saturated carbocycles. The lowest BCUT2D eigenvalue weighted by Crippen LogP contribution is -1.78. The van der Waals surface area contributed by atoms with E-state index in [-0.39, 0.29) is 0 Å². The molecule has 0 N–H and O–H groups in total. The van der Waals surface area contributed by atoms with Gasteiger partial charge >= 0.3 is 0 Å². The normalized spacial score (nSPS) is 9.40. The molecule has 54 valence electrons. The van der Waals surface area contributed by atoms with Gasteiger partial charge in [-0.15, -0.1) is 11.3 Å². The number of thiophene rings is 1. The lowest BCUT2D eigenvalue weighted by atomic mass is 10.3. The number of aryl methyl sites for hydroxylation is 1. The van der Waals surface area contributed by atoms with Crippen LogP contribution in [0.15, 0.2) is 18.0 Å². The van der Waals surface area contributed by atoms with E-state index in [0.29, 0.717) is 0 Å². The molecule has 1 aromatic heterocycles. The van der Waals surface area contributed by atoms with Gasteiger partial charge in [0.1, 0.15) is 5.76 Å². The third kappa shape index (κ3) is 1.39. The van der Waals surface area contributed by atoms with Gasteiger partial charge in [-0.3, -0.25) is 0 Å². The summed E-state index contributed by atoms with van der Waals surface area (Å²) in [5.74, 6) is 0.748. The zero-order valence-corrected chi connectivity index (χ0v) is 6.99. The molecule has 0 spiro atoms. The molecule has 0 unspecified atom stereocenters. The van der Waals surface area contributed by atoms with Crippen molar-refractivity contribution in [1.82, 2.24) is 0 Å². The first kappa shape index (κ1) is 7.35. The topological polar surface area (TPSA) is 9.23 Å². The SMILES string of the molecule is C=C(OC)c1cc(C)cs1. The Bertz CT molecular complexity index is 237. The summed E-state index contributed by atoms with van der Waals surface area (Å²) in [4.78, 5) is 1.11. The molecule has 10 heavy (non-hydrogen) atoms. The number of hydrogen-bond acceptors (Lipinski definition) is 2. The molecule has 0 atom stereocenters. The number of methoxy groups -OCH3 is 1. The van der Waals surface area contributed by atoms with Gasteiger partial charge in [-0.25, -0.2) is 0 Å². The van der Waals surface area contributed by atoms with Crippen LogP contribution < -0.4 is 0 Å². The van der Waals surface area contributed by atoms with Crippen molar-refractivity contribution in [3.8, 4) is 0 Å². The van der Waals surface area contributed by atoms with Gasteiger partial charge in [-0.2, -0.15) is 0 Å². The summed E-state index contributed by atoms with van der Waals surface area (Å²) in [6.45, 7) is 5.80. The average molecular weight is 154 g/mol. The third-order valence-corrected chi connectivity index (χ3v) is 2.34. The van der Waals surface area contributed by atoms with Gasteiger partial charge in [0.25, 0.3) is 0 Å².